The molecule has 3 aliphatic rings. The van der Waals surface area contributed by atoms with Crippen LogP contribution < -0.4 is 16.0 Å². The zero-order chi connectivity index (χ0) is 13.8. The highest BCUT2D eigenvalue weighted by atomic mass is 16.2. The average Bonchev–Trinajstić information content (AvgIpc) is 3.23. The second-order valence-corrected chi connectivity index (χ2v) is 6.78. The summed E-state index contributed by atoms with van der Waals surface area (Å²) < 4.78 is 0. The largest absolute Gasteiger partial charge is 0.355 e. The van der Waals surface area contributed by atoms with E-state index in [1.165, 1.54) is 45.1 Å². The van der Waals surface area contributed by atoms with Gasteiger partial charge in [0.1, 0.15) is 0 Å². The second-order valence-electron chi connectivity index (χ2n) is 6.78. The first-order valence-corrected chi connectivity index (χ1v) is 8.59. The molecule has 3 rings (SSSR count). The van der Waals surface area contributed by atoms with Crippen molar-refractivity contribution in [2.45, 2.75) is 63.5 Å². The normalized spacial score (nSPS) is 34.1. The van der Waals surface area contributed by atoms with E-state index in [9.17, 15) is 4.79 Å². The van der Waals surface area contributed by atoms with Gasteiger partial charge in [0.2, 0.25) is 5.91 Å². The zero-order valence-electron chi connectivity index (χ0n) is 12.5. The van der Waals surface area contributed by atoms with Gasteiger partial charge in [0.25, 0.3) is 0 Å². The van der Waals surface area contributed by atoms with Gasteiger partial charge in [0, 0.05) is 31.1 Å². The molecular weight excluding hydrogens is 250 g/mol. The fourth-order valence-corrected chi connectivity index (χ4v) is 3.90. The fourth-order valence-electron chi connectivity index (χ4n) is 3.90. The third kappa shape index (κ3) is 3.73. The lowest BCUT2D eigenvalue weighted by Crippen LogP contribution is -2.48. The molecule has 0 bridgehead atoms. The summed E-state index contributed by atoms with van der Waals surface area (Å²) in [6, 6.07) is 1.38. The molecule has 3 fully saturated rings. The van der Waals surface area contributed by atoms with Crippen molar-refractivity contribution in [1.29, 1.82) is 0 Å². The van der Waals surface area contributed by atoms with E-state index in [1.807, 2.05) is 0 Å². The van der Waals surface area contributed by atoms with Crippen molar-refractivity contribution in [3.8, 4) is 0 Å². The van der Waals surface area contributed by atoms with Crippen LogP contribution in [-0.4, -0.2) is 37.6 Å². The lowest BCUT2D eigenvalue weighted by atomic mass is 9.88. The van der Waals surface area contributed by atoms with Crippen molar-refractivity contribution in [2.75, 3.05) is 19.6 Å². The SMILES string of the molecule is O=C(NCCNC1CCCC1C1CCCCN1)C1CC1. The topological polar surface area (TPSA) is 53.2 Å². The molecular formula is C16H29N3O. The van der Waals surface area contributed by atoms with Gasteiger partial charge >= 0.3 is 0 Å². The van der Waals surface area contributed by atoms with Crippen LogP contribution >= 0.6 is 0 Å². The van der Waals surface area contributed by atoms with Gasteiger partial charge in [-0.15, -0.1) is 0 Å². The summed E-state index contributed by atoms with van der Waals surface area (Å²) >= 11 is 0. The summed E-state index contributed by atoms with van der Waals surface area (Å²) in [6.07, 6.45) is 10.3. The molecule has 0 aromatic rings. The minimum atomic E-state index is 0.267. The second kappa shape index (κ2) is 6.90. The van der Waals surface area contributed by atoms with Gasteiger partial charge in [-0.25, -0.2) is 0 Å². The molecule has 4 heteroatoms. The van der Waals surface area contributed by atoms with Gasteiger partial charge in [-0.3, -0.25) is 4.79 Å². The Morgan fingerprint density at radius 3 is 2.65 bits per heavy atom. The quantitative estimate of drug-likeness (QED) is 0.645. The first-order chi connectivity index (χ1) is 9.84. The third-order valence-corrected chi connectivity index (χ3v) is 5.21. The van der Waals surface area contributed by atoms with E-state index >= 15 is 0 Å². The average molecular weight is 279 g/mol. The lowest BCUT2D eigenvalue weighted by Gasteiger charge is -2.33. The Morgan fingerprint density at radius 2 is 1.90 bits per heavy atom. The molecule has 4 nitrogen and oxygen atoms in total. The number of nitrogens with one attached hydrogen (secondary N) is 3. The van der Waals surface area contributed by atoms with Crippen molar-refractivity contribution in [1.82, 2.24) is 16.0 Å². The van der Waals surface area contributed by atoms with E-state index in [0.717, 1.165) is 37.9 Å². The van der Waals surface area contributed by atoms with E-state index in [0.29, 0.717) is 12.0 Å². The monoisotopic (exact) mass is 279 g/mol. The maximum absolute atomic E-state index is 11.6. The Labute approximate surface area is 122 Å². The first-order valence-electron chi connectivity index (χ1n) is 8.59. The van der Waals surface area contributed by atoms with E-state index in [4.69, 9.17) is 0 Å². The van der Waals surface area contributed by atoms with Crippen molar-refractivity contribution < 1.29 is 4.79 Å². The highest BCUT2D eigenvalue weighted by Crippen LogP contribution is 2.31. The minimum absolute atomic E-state index is 0.267. The molecule has 3 unspecified atom stereocenters. The van der Waals surface area contributed by atoms with E-state index < -0.39 is 0 Å². The molecule has 20 heavy (non-hydrogen) atoms. The third-order valence-electron chi connectivity index (χ3n) is 5.21. The molecule has 1 amide bonds. The molecule has 114 valence electrons. The van der Waals surface area contributed by atoms with Gasteiger partial charge in [0.05, 0.1) is 0 Å². The predicted octanol–water partition coefficient (Wildman–Crippen LogP) is 1.41. The van der Waals surface area contributed by atoms with Crippen molar-refractivity contribution >= 4 is 5.91 Å². The van der Waals surface area contributed by atoms with Crippen LogP contribution in [0.3, 0.4) is 0 Å². The number of hydrogen-bond donors (Lipinski definition) is 3. The Morgan fingerprint density at radius 1 is 1.00 bits per heavy atom. The van der Waals surface area contributed by atoms with Gasteiger partial charge in [-0.05, 0) is 51.0 Å². The van der Waals surface area contributed by atoms with Crippen LogP contribution in [0.1, 0.15) is 51.4 Å². The van der Waals surface area contributed by atoms with Crippen LogP contribution in [0.15, 0.2) is 0 Å². The van der Waals surface area contributed by atoms with E-state index in [2.05, 4.69) is 16.0 Å². The number of amides is 1. The van der Waals surface area contributed by atoms with Crippen LogP contribution in [0.5, 0.6) is 0 Å². The van der Waals surface area contributed by atoms with Crippen molar-refractivity contribution in [3.63, 3.8) is 0 Å². The molecule has 1 saturated heterocycles. The Balaban J connectivity index is 1.36. The van der Waals surface area contributed by atoms with Gasteiger partial charge in [-0.1, -0.05) is 12.8 Å². The molecule has 1 heterocycles. The predicted molar refractivity (Wildman–Crippen MR) is 80.5 cm³/mol. The zero-order valence-corrected chi connectivity index (χ0v) is 12.5. The Kier molecular flexibility index (Phi) is 4.94. The molecule has 2 aliphatic carbocycles. The first kappa shape index (κ1) is 14.3. The maximum atomic E-state index is 11.6. The van der Waals surface area contributed by atoms with Gasteiger partial charge in [-0.2, -0.15) is 0 Å². The molecule has 0 radical (unpaired) electrons. The van der Waals surface area contributed by atoms with Crippen LogP contribution in [-0.2, 0) is 4.79 Å². The number of carbonyl (C=O) groups is 1. The van der Waals surface area contributed by atoms with Crippen LogP contribution in [0.4, 0.5) is 0 Å². The minimum Gasteiger partial charge on any atom is -0.355 e. The number of rotatable bonds is 6. The van der Waals surface area contributed by atoms with Crippen LogP contribution in [0.2, 0.25) is 0 Å². The van der Waals surface area contributed by atoms with Crippen molar-refractivity contribution in [3.05, 3.63) is 0 Å². The molecule has 0 aromatic heterocycles. The smallest absolute Gasteiger partial charge is 0.223 e. The molecule has 3 atom stereocenters. The number of piperidine rings is 1. The lowest BCUT2D eigenvalue weighted by molar-refractivity contribution is -0.122. The summed E-state index contributed by atoms with van der Waals surface area (Å²) in [5, 5.41) is 10.4. The molecule has 2 saturated carbocycles. The van der Waals surface area contributed by atoms with Gasteiger partial charge in [0.15, 0.2) is 0 Å². The Bertz CT molecular complexity index is 324. The van der Waals surface area contributed by atoms with E-state index in [1.54, 1.807) is 0 Å². The number of carbonyl (C=O) groups excluding carboxylic acids is 1. The molecule has 1 aliphatic heterocycles. The van der Waals surface area contributed by atoms with Gasteiger partial charge < -0.3 is 16.0 Å². The molecule has 3 N–H and O–H groups in total. The molecule has 0 spiro atoms. The summed E-state index contributed by atoms with van der Waals surface area (Å²) in [5.41, 5.74) is 0. The highest BCUT2D eigenvalue weighted by molar-refractivity contribution is 5.80. The fraction of sp³-hybridized carbons (Fsp3) is 0.938. The number of hydrogen-bond acceptors (Lipinski definition) is 3. The maximum Gasteiger partial charge on any atom is 0.223 e. The summed E-state index contributed by atoms with van der Waals surface area (Å²) in [7, 11) is 0. The summed E-state index contributed by atoms with van der Waals surface area (Å²) in [5.74, 6) is 1.40. The standard InChI is InChI=1S/C16H29N3O/c20-16(12-7-8-12)19-11-10-18-15-6-3-4-13(15)14-5-1-2-9-17-14/h12-15,17-18H,1-11H2,(H,19,20). The van der Waals surface area contributed by atoms with Crippen LogP contribution in [0, 0.1) is 11.8 Å². The highest BCUT2D eigenvalue weighted by Gasteiger charge is 2.34. The van der Waals surface area contributed by atoms with Crippen LogP contribution in [0.25, 0.3) is 0 Å². The van der Waals surface area contributed by atoms with Crippen molar-refractivity contribution in [2.24, 2.45) is 11.8 Å². The molecule has 0 aromatic carbocycles. The van der Waals surface area contributed by atoms with E-state index in [-0.39, 0.29) is 5.91 Å². The summed E-state index contributed by atoms with van der Waals surface area (Å²) in [6.45, 7) is 2.91. The summed E-state index contributed by atoms with van der Waals surface area (Å²) in [4.78, 5) is 11.6. The Hall–Kier alpha value is -0.610.